The lowest BCUT2D eigenvalue weighted by atomic mass is 10.2. The number of carbonyl (C=O) groups is 2. The molecule has 0 spiro atoms. The summed E-state index contributed by atoms with van der Waals surface area (Å²) in [6, 6.07) is 3.42. The van der Waals surface area contributed by atoms with Crippen molar-refractivity contribution in [3.63, 3.8) is 0 Å². The maximum atomic E-state index is 11.2. The summed E-state index contributed by atoms with van der Waals surface area (Å²) < 4.78 is 9.16. The van der Waals surface area contributed by atoms with Crippen molar-refractivity contribution in [2.45, 2.75) is 6.42 Å². The van der Waals surface area contributed by atoms with Crippen LogP contribution in [0.3, 0.4) is 0 Å². The van der Waals surface area contributed by atoms with Gasteiger partial charge in [0, 0.05) is 12.5 Å². The molecule has 7 heteroatoms. The van der Waals surface area contributed by atoms with Crippen molar-refractivity contribution in [1.82, 2.24) is 0 Å². The molecule has 0 fully saturated rings. The van der Waals surface area contributed by atoms with Gasteiger partial charge in [-0.2, -0.15) is 0 Å². The van der Waals surface area contributed by atoms with Crippen LogP contribution < -0.4 is 4.74 Å². The quantitative estimate of drug-likeness (QED) is 0.349. The van der Waals surface area contributed by atoms with Crippen molar-refractivity contribution in [2.24, 2.45) is 0 Å². The van der Waals surface area contributed by atoms with E-state index in [0.717, 1.165) is 19.2 Å². The molecule has 1 aromatic carbocycles. The van der Waals surface area contributed by atoms with Gasteiger partial charge < -0.3 is 9.47 Å². The SMILES string of the molecule is [CH2]CC(=O)Oc1ccc(C(=O)OC)cc1[N+](=O)[O-]. The molecule has 95 valence electrons. The average Bonchev–Trinajstić information content (AvgIpc) is 2.37. The van der Waals surface area contributed by atoms with Gasteiger partial charge in [0.15, 0.2) is 0 Å². The Labute approximate surface area is 102 Å². The Morgan fingerprint density at radius 2 is 2.11 bits per heavy atom. The molecule has 0 saturated carbocycles. The second kappa shape index (κ2) is 5.76. The van der Waals surface area contributed by atoms with Gasteiger partial charge in [-0.15, -0.1) is 0 Å². The standard InChI is InChI=1S/C11H10NO6/c1-3-10(13)18-9-5-4-7(11(14)17-2)6-8(9)12(15)16/h4-6H,1,3H2,2H3. The van der Waals surface area contributed by atoms with Crippen molar-refractivity contribution in [2.75, 3.05) is 7.11 Å². The topological polar surface area (TPSA) is 95.7 Å². The normalized spacial score (nSPS) is 9.67. The molecular weight excluding hydrogens is 242 g/mol. The molecule has 0 atom stereocenters. The summed E-state index contributed by atoms with van der Waals surface area (Å²) in [7, 11) is 1.16. The van der Waals surface area contributed by atoms with Crippen LogP contribution in [0.4, 0.5) is 5.69 Å². The number of methoxy groups -OCH3 is 1. The predicted molar refractivity (Wildman–Crippen MR) is 60.0 cm³/mol. The summed E-state index contributed by atoms with van der Waals surface area (Å²) in [5.74, 6) is -1.65. The minimum atomic E-state index is -0.752. The lowest BCUT2D eigenvalue weighted by Gasteiger charge is -2.05. The van der Waals surface area contributed by atoms with E-state index >= 15 is 0 Å². The molecule has 0 unspecified atom stereocenters. The largest absolute Gasteiger partial charge is 0.465 e. The van der Waals surface area contributed by atoms with Gasteiger partial charge in [-0.05, 0) is 19.1 Å². The number of esters is 2. The highest BCUT2D eigenvalue weighted by atomic mass is 16.6. The average molecular weight is 252 g/mol. The Morgan fingerprint density at radius 3 is 2.61 bits per heavy atom. The Morgan fingerprint density at radius 1 is 1.44 bits per heavy atom. The van der Waals surface area contributed by atoms with E-state index in [2.05, 4.69) is 11.7 Å². The molecule has 1 rings (SSSR count). The van der Waals surface area contributed by atoms with Crippen molar-refractivity contribution < 1.29 is 24.0 Å². The first-order chi connectivity index (χ1) is 8.49. The van der Waals surface area contributed by atoms with Crippen LogP contribution in [0.15, 0.2) is 18.2 Å². The van der Waals surface area contributed by atoms with Gasteiger partial charge >= 0.3 is 17.6 Å². The Bertz CT molecular complexity index is 496. The molecule has 0 bridgehead atoms. The molecule has 7 nitrogen and oxygen atoms in total. The van der Waals surface area contributed by atoms with Gasteiger partial charge in [-0.1, -0.05) is 0 Å². The van der Waals surface area contributed by atoms with Crippen LogP contribution in [0.5, 0.6) is 5.75 Å². The molecule has 0 amide bonds. The molecule has 18 heavy (non-hydrogen) atoms. The second-order valence-corrected chi connectivity index (χ2v) is 3.16. The van der Waals surface area contributed by atoms with E-state index in [0.29, 0.717) is 0 Å². The molecule has 0 aromatic heterocycles. The lowest BCUT2D eigenvalue weighted by Crippen LogP contribution is -2.09. The van der Waals surface area contributed by atoms with Crippen LogP contribution >= 0.6 is 0 Å². The van der Waals surface area contributed by atoms with E-state index < -0.39 is 22.5 Å². The number of ether oxygens (including phenoxy) is 2. The third-order valence-electron chi connectivity index (χ3n) is 2.00. The number of nitrogens with zero attached hydrogens (tertiary/aromatic N) is 1. The molecule has 1 aromatic rings. The Balaban J connectivity index is 3.16. The molecule has 0 aliphatic rings. The number of nitro benzene ring substituents is 1. The van der Waals surface area contributed by atoms with E-state index in [9.17, 15) is 19.7 Å². The zero-order valence-corrected chi connectivity index (χ0v) is 9.54. The number of hydrogen-bond donors (Lipinski definition) is 0. The fourth-order valence-electron chi connectivity index (χ4n) is 1.16. The summed E-state index contributed by atoms with van der Waals surface area (Å²) in [6.45, 7) is 3.30. The van der Waals surface area contributed by atoms with Gasteiger partial charge in [0.2, 0.25) is 5.75 Å². The molecule has 0 saturated heterocycles. The molecular formula is C11H10NO6. The predicted octanol–water partition coefficient (Wildman–Crippen LogP) is 1.51. The van der Waals surface area contributed by atoms with E-state index in [1.165, 1.54) is 6.07 Å². The van der Waals surface area contributed by atoms with Crippen LogP contribution in [-0.2, 0) is 9.53 Å². The van der Waals surface area contributed by atoms with Crippen LogP contribution in [0.2, 0.25) is 0 Å². The van der Waals surface area contributed by atoms with Crippen LogP contribution in [0, 0.1) is 17.0 Å². The van der Waals surface area contributed by atoms with Gasteiger partial charge in [0.25, 0.3) is 0 Å². The Hall–Kier alpha value is -2.44. The van der Waals surface area contributed by atoms with E-state index in [-0.39, 0.29) is 17.7 Å². The minimum absolute atomic E-state index is 0.00128. The fourth-order valence-corrected chi connectivity index (χ4v) is 1.16. The second-order valence-electron chi connectivity index (χ2n) is 3.16. The number of nitro groups is 1. The van der Waals surface area contributed by atoms with Crippen molar-refractivity contribution in [3.05, 3.63) is 40.8 Å². The number of benzene rings is 1. The summed E-state index contributed by atoms with van der Waals surface area (Å²) in [5.41, 5.74) is -0.488. The summed E-state index contributed by atoms with van der Waals surface area (Å²) in [6.07, 6.45) is -0.157. The minimum Gasteiger partial charge on any atom is -0.465 e. The molecule has 0 aliphatic carbocycles. The fraction of sp³-hybridized carbons (Fsp3) is 0.182. The smallest absolute Gasteiger partial charge is 0.338 e. The summed E-state index contributed by atoms with van der Waals surface area (Å²) in [4.78, 5) is 32.3. The number of carbonyl (C=O) groups excluding carboxylic acids is 2. The number of hydrogen-bond acceptors (Lipinski definition) is 6. The third-order valence-corrected chi connectivity index (χ3v) is 2.00. The molecule has 0 N–H and O–H groups in total. The lowest BCUT2D eigenvalue weighted by molar-refractivity contribution is -0.385. The molecule has 0 aliphatic heterocycles. The van der Waals surface area contributed by atoms with E-state index in [4.69, 9.17) is 4.74 Å². The highest BCUT2D eigenvalue weighted by Gasteiger charge is 2.20. The van der Waals surface area contributed by atoms with E-state index in [1.54, 1.807) is 0 Å². The maximum Gasteiger partial charge on any atom is 0.338 e. The molecule has 0 heterocycles. The molecule has 1 radical (unpaired) electrons. The van der Waals surface area contributed by atoms with Gasteiger partial charge in [-0.3, -0.25) is 14.9 Å². The highest BCUT2D eigenvalue weighted by Crippen LogP contribution is 2.28. The zero-order chi connectivity index (χ0) is 13.7. The third kappa shape index (κ3) is 3.03. The van der Waals surface area contributed by atoms with Crippen LogP contribution in [0.25, 0.3) is 0 Å². The van der Waals surface area contributed by atoms with Crippen molar-refractivity contribution in [3.8, 4) is 5.75 Å². The van der Waals surface area contributed by atoms with Gasteiger partial charge in [0.1, 0.15) is 0 Å². The zero-order valence-electron chi connectivity index (χ0n) is 9.54. The van der Waals surface area contributed by atoms with Crippen LogP contribution in [0.1, 0.15) is 16.8 Å². The first kappa shape index (κ1) is 13.6. The van der Waals surface area contributed by atoms with Gasteiger partial charge in [0.05, 0.1) is 17.6 Å². The maximum absolute atomic E-state index is 11.2. The monoisotopic (exact) mass is 252 g/mol. The first-order valence-electron chi connectivity index (χ1n) is 4.86. The number of rotatable bonds is 4. The van der Waals surface area contributed by atoms with Gasteiger partial charge in [-0.25, -0.2) is 4.79 Å². The van der Waals surface area contributed by atoms with Crippen molar-refractivity contribution in [1.29, 1.82) is 0 Å². The summed E-state index contributed by atoms with van der Waals surface area (Å²) in [5, 5.41) is 10.8. The van der Waals surface area contributed by atoms with Crippen molar-refractivity contribution >= 4 is 17.6 Å². The first-order valence-corrected chi connectivity index (χ1v) is 4.86. The Kier molecular flexibility index (Phi) is 4.36. The van der Waals surface area contributed by atoms with E-state index in [1.807, 2.05) is 0 Å². The van der Waals surface area contributed by atoms with Crippen LogP contribution in [-0.4, -0.2) is 24.0 Å². The summed E-state index contributed by atoms with van der Waals surface area (Å²) >= 11 is 0. The highest BCUT2D eigenvalue weighted by molar-refractivity contribution is 5.90.